The molecule has 0 saturated carbocycles. The van der Waals surface area contributed by atoms with Crippen LogP contribution in [0.2, 0.25) is 0 Å². The number of halogens is 2. The zero-order chi connectivity index (χ0) is 10.9. The zero-order valence-electron chi connectivity index (χ0n) is 10.5. The van der Waals surface area contributed by atoms with Crippen LogP contribution in [0.5, 0.6) is 0 Å². The zero-order valence-corrected chi connectivity index (χ0v) is 12.2. The number of carbonyl (C=O) groups excluding carboxylic acids is 1. The highest BCUT2D eigenvalue weighted by atomic mass is 35.5. The van der Waals surface area contributed by atoms with Crippen molar-refractivity contribution in [3.05, 3.63) is 0 Å². The third-order valence-electron chi connectivity index (χ3n) is 2.78. The highest BCUT2D eigenvalue weighted by molar-refractivity contribution is 5.85. The lowest BCUT2D eigenvalue weighted by Crippen LogP contribution is -2.33. The second-order valence-corrected chi connectivity index (χ2v) is 4.11. The molecule has 1 fully saturated rings. The molecule has 1 saturated heterocycles. The van der Waals surface area contributed by atoms with E-state index < -0.39 is 0 Å². The normalized spacial score (nSPS) is 14.9. The highest BCUT2D eigenvalue weighted by Crippen LogP contribution is 2.05. The average molecular weight is 286 g/mol. The molecule has 1 aliphatic rings. The van der Waals surface area contributed by atoms with E-state index in [-0.39, 0.29) is 30.7 Å². The second-order valence-electron chi connectivity index (χ2n) is 4.11. The van der Waals surface area contributed by atoms with Gasteiger partial charge in [-0.3, -0.25) is 4.79 Å². The molecule has 6 heteroatoms. The first-order chi connectivity index (χ1) is 7.33. The molecule has 4 nitrogen and oxygen atoms in total. The van der Waals surface area contributed by atoms with E-state index in [0.29, 0.717) is 6.42 Å². The lowest BCUT2D eigenvalue weighted by molar-refractivity contribution is -0.121. The van der Waals surface area contributed by atoms with Crippen LogP contribution in [0.25, 0.3) is 0 Å². The first kappa shape index (κ1) is 19.3. The van der Waals surface area contributed by atoms with Crippen LogP contribution < -0.4 is 10.6 Å². The smallest absolute Gasteiger partial charge is 0.220 e. The number of hydrogen-bond donors (Lipinski definition) is 2. The number of nitrogens with one attached hydrogen (secondary N) is 2. The maximum Gasteiger partial charge on any atom is 0.220 e. The van der Waals surface area contributed by atoms with E-state index in [1.165, 1.54) is 25.9 Å². The van der Waals surface area contributed by atoms with E-state index in [2.05, 4.69) is 15.5 Å². The standard InChI is InChI=1S/C11H23N3O.2ClH/c1-12-6-4-5-11(15)13-7-10-14-8-2-3-9-14;;/h12H,2-10H2,1H3,(H,13,15);2*1H. The summed E-state index contributed by atoms with van der Waals surface area (Å²) in [6.07, 6.45) is 4.19. The van der Waals surface area contributed by atoms with Gasteiger partial charge in [0.05, 0.1) is 0 Å². The molecule has 104 valence electrons. The van der Waals surface area contributed by atoms with Crippen LogP contribution in [-0.4, -0.2) is 50.6 Å². The Bertz CT molecular complexity index is 188. The third-order valence-corrected chi connectivity index (χ3v) is 2.78. The quantitative estimate of drug-likeness (QED) is 0.687. The molecular weight excluding hydrogens is 261 g/mol. The van der Waals surface area contributed by atoms with Gasteiger partial charge in [0.15, 0.2) is 0 Å². The Morgan fingerprint density at radius 1 is 1.18 bits per heavy atom. The second kappa shape index (κ2) is 12.4. The van der Waals surface area contributed by atoms with Gasteiger partial charge in [0.1, 0.15) is 0 Å². The number of hydrogen-bond acceptors (Lipinski definition) is 3. The SMILES string of the molecule is CNCCCC(=O)NCCN1CCCC1.Cl.Cl. The van der Waals surface area contributed by atoms with Crippen LogP contribution in [0.3, 0.4) is 0 Å². The van der Waals surface area contributed by atoms with Crippen LogP contribution in [-0.2, 0) is 4.79 Å². The summed E-state index contributed by atoms with van der Waals surface area (Å²) in [6, 6.07) is 0. The first-order valence-corrected chi connectivity index (χ1v) is 5.96. The molecule has 0 aliphatic carbocycles. The van der Waals surface area contributed by atoms with Gasteiger partial charge in [-0.25, -0.2) is 0 Å². The Kier molecular flexibility index (Phi) is 14.1. The largest absolute Gasteiger partial charge is 0.355 e. The summed E-state index contributed by atoms with van der Waals surface area (Å²) in [6.45, 7) is 5.14. The van der Waals surface area contributed by atoms with E-state index in [1.807, 2.05) is 7.05 Å². The molecule has 1 aliphatic heterocycles. The van der Waals surface area contributed by atoms with Crippen LogP contribution in [0.4, 0.5) is 0 Å². The number of nitrogens with zero attached hydrogens (tertiary/aromatic N) is 1. The summed E-state index contributed by atoms with van der Waals surface area (Å²) >= 11 is 0. The van der Waals surface area contributed by atoms with Gasteiger partial charge in [-0.05, 0) is 45.9 Å². The molecule has 0 aromatic heterocycles. The summed E-state index contributed by atoms with van der Waals surface area (Å²) in [7, 11) is 1.91. The predicted octanol–water partition coefficient (Wildman–Crippen LogP) is 1.04. The van der Waals surface area contributed by atoms with Crippen molar-refractivity contribution in [2.45, 2.75) is 25.7 Å². The number of likely N-dealkylation sites (tertiary alicyclic amines) is 1. The molecular formula is C11H25Cl2N3O. The van der Waals surface area contributed by atoms with Gasteiger partial charge >= 0.3 is 0 Å². The number of carbonyl (C=O) groups is 1. The molecule has 0 unspecified atom stereocenters. The van der Waals surface area contributed by atoms with Crippen LogP contribution in [0.1, 0.15) is 25.7 Å². The van der Waals surface area contributed by atoms with Crippen LogP contribution in [0, 0.1) is 0 Å². The minimum Gasteiger partial charge on any atom is -0.355 e. The van der Waals surface area contributed by atoms with Gasteiger partial charge < -0.3 is 15.5 Å². The summed E-state index contributed by atoms with van der Waals surface area (Å²) in [5.74, 6) is 0.185. The van der Waals surface area contributed by atoms with Crippen molar-refractivity contribution in [3.63, 3.8) is 0 Å². The van der Waals surface area contributed by atoms with Crippen molar-refractivity contribution in [2.24, 2.45) is 0 Å². The van der Waals surface area contributed by atoms with Crippen molar-refractivity contribution in [1.82, 2.24) is 15.5 Å². The van der Waals surface area contributed by atoms with Gasteiger partial charge in [0.25, 0.3) is 0 Å². The molecule has 0 aromatic carbocycles. The molecule has 0 bridgehead atoms. The Labute approximate surface area is 117 Å². The number of amides is 1. The summed E-state index contributed by atoms with van der Waals surface area (Å²) in [5, 5.41) is 6.00. The average Bonchev–Trinajstić information content (AvgIpc) is 2.71. The monoisotopic (exact) mass is 285 g/mol. The third kappa shape index (κ3) is 9.65. The first-order valence-electron chi connectivity index (χ1n) is 5.96. The van der Waals surface area contributed by atoms with Crippen molar-refractivity contribution >= 4 is 30.7 Å². The Morgan fingerprint density at radius 3 is 2.41 bits per heavy atom. The van der Waals surface area contributed by atoms with Crippen molar-refractivity contribution in [1.29, 1.82) is 0 Å². The number of rotatable bonds is 7. The molecule has 1 rings (SSSR count). The van der Waals surface area contributed by atoms with E-state index in [9.17, 15) is 4.79 Å². The van der Waals surface area contributed by atoms with Crippen molar-refractivity contribution < 1.29 is 4.79 Å². The van der Waals surface area contributed by atoms with Gasteiger partial charge in [0, 0.05) is 19.5 Å². The van der Waals surface area contributed by atoms with Crippen molar-refractivity contribution in [3.8, 4) is 0 Å². The molecule has 0 atom stereocenters. The van der Waals surface area contributed by atoms with E-state index in [1.54, 1.807) is 0 Å². The maximum absolute atomic E-state index is 11.3. The molecule has 0 radical (unpaired) electrons. The van der Waals surface area contributed by atoms with E-state index in [0.717, 1.165) is 26.1 Å². The lowest BCUT2D eigenvalue weighted by Gasteiger charge is -2.14. The Hall–Kier alpha value is -0.0300. The summed E-state index contributed by atoms with van der Waals surface area (Å²) in [5.41, 5.74) is 0. The van der Waals surface area contributed by atoms with Gasteiger partial charge in [-0.1, -0.05) is 0 Å². The minimum atomic E-state index is 0. The molecule has 0 aromatic rings. The van der Waals surface area contributed by atoms with Crippen molar-refractivity contribution in [2.75, 3.05) is 39.8 Å². The molecule has 2 N–H and O–H groups in total. The molecule has 1 heterocycles. The minimum absolute atomic E-state index is 0. The fourth-order valence-electron chi connectivity index (χ4n) is 1.87. The summed E-state index contributed by atoms with van der Waals surface area (Å²) in [4.78, 5) is 13.7. The Morgan fingerprint density at radius 2 is 1.82 bits per heavy atom. The van der Waals surface area contributed by atoms with Gasteiger partial charge in [-0.15, -0.1) is 24.8 Å². The van der Waals surface area contributed by atoms with Crippen LogP contribution >= 0.6 is 24.8 Å². The highest BCUT2D eigenvalue weighted by Gasteiger charge is 2.10. The summed E-state index contributed by atoms with van der Waals surface area (Å²) < 4.78 is 0. The predicted molar refractivity (Wildman–Crippen MR) is 76.3 cm³/mol. The fraction of sp³-hybridized carbons (Fsp3) is 0.909. The molecule has 0 spiro atoms. The van der Waals surface area contributed by atoms with E-state index in [4.69, 9.17) is 0 Å². The Balaban J connectivity index is 0. The topological polar surface area (TPSA) is 44.4 Å². The molecule has 17 heavy (non-hydrogen) atoms. The fourth-order valence-corrected chi connectivity index (χ4v) is 1.87. The van der Waals surface area contributed by atoms with Gasteiger partial charge in [0.2, 0.25) is 5.91 Å². The maximum atomic E-state index is 11.3. The lowest BCUT2D eigenvalue weighted by atomic mass is 10.3. The van der Waals surface area contributed by atoms with Crippen LogP contribution in [0.15, 0.2) is 0 Å². The van der Waals surface area contributed by atoms with Gasteiger partial charge in [-0.2, -0.15) is 0 Å². The molecule has 1 amide bonds. The van der Waals surface area contributed by atoms with E-state index >= 15 is 0 Å².